The highest BCUT2D eigenvalue weighted by Gasteiger charge is 2.25. The van der Waals surface area contributed by atoms with Crippen LogP contribution < -0.4 is 5.32 Å². The van der Waals surface area contributed by atoms with Gasteiger partial charge in [-0.15, -0.1) is 0 Å². The molecule has 0 amide bonds. The summed E-state index contributed by atoms with van der Waals surface area (Å²) >= 11 is 0. The van der Waals surface area contributed by atoms with Crippen LogP contribution in [0.15, 0.2) is 22.8 Å². The van der Waals surface area contributed by atoms with Gasteiger partial charge in [-0.1, -0.05) is 33.1 Å². The van der Waals surface area contributed by atoms with E-state index in [2.05, 4.69) is 25.2 Å². The molecule has 2 unspecified atom stereocenters. The molecule has 1 aliphatic rings. The summed E-state index contributed by atoms with van der Waals surface area (Å²) in [5.41, 5.74) is 0. The van der Waals surface area contributed by atoms with E-state index in [1.807, 2.05) is 6.07 Å². The molecule has 1 saturated carbocycles. The van der Waals surface area contributed by atoms with Gasteiger partial charge in [0.05, 0.1) is 12.3 Å². The third kappa shape index (κ3) is 3.38. The van der Waals surface area contributed by atoms with Gasteiger partial charge in [0, 0.05) is 6.04 Å². The van der Waals surface area contributed by atoms with E-state index in [4.69, 9.17) is 4.42 Å². The maximum Gasteiger partial charge on any atom is 0.120 e. The predicted molar refractivity (Wildman–Crippen MR) is 75.5 cm³/mol. The molecule has 2 rings (SSSR count). The van der Waals surface area contributed by atoms with Crippen LogP contribution in [0.4, 0.5) is 0 Å². The minimum absolute atomic E-state index is 0.381. The summed E-state index contributed by atoms with van der Waals surface area (Å²) in [7, 11) is 0. The summed E-state index contributed by atoms with van der Waals surface area (Å²) in [5.74, 6) is 1.96. The quantitative estimate of drug-likeness (QED) is 0.792. The fourth-order valence-corrected chi connectivity index (χ4v) is 3.27. The maximum atomic E-state index is 5.56. The average Bonchev–Trinajstić information content (AvgIpc) is 2.95. The van der Waals surface area contributed by atoms with Gasteiger partial charge in [-0.3, -0.25) is 0 Å². The van der Waals surface area contributed by atoms with E-state index in [1.165, 1.54) is 38.5 Å². The summed E-state index contributed by atoms with van der Waals surface area (Å²) in [5, 5.41) is 3.83. The van der Waals surface area contributed by atoms with E-state index in [0.29, 0.717) is 12.1 Å². The lowest BCUT2D eigenvalue weighted by atomic mass is 9.82. The molecule has 0 aromatic carbocycles. The molecule has 1 aliphatic carbocycles. The second kappa shape index (κ2) is 6.98. The standard InChI is InChI=1S/C16H27NO/c1-3-14(13-9-6-5-7-10-13)17-15(4-2)16-11-8-12-18-16/h8,11-15,17H,3-7,9-10H2,1-2H3. The van der Waals surface area contributed by atoms with Crippen LogP contribution in [0.25, 0.3) is 0 Å². The van der Waals surface area contributed by atoms with Gasteiger partial charge in [-0.25, -0.2) is 0 Å². The Morgan fingerprint density at radius 3 is 2.56 bits per heavy atom. The largest absolute Gasteiger partial charge is 0.468 e. The molecule has 0 radical (unpaired) electrons. The van der Waals surface area contributed by atoms with Gasteiger partial charge >= 0.3 is 0 Å². The first-order valence-electron chi connectivity index (χ1n) is 7.64. The Bertz CT molecular complexity index is 314. The van der Waals surface area contributed by atoms with Crippen LogP contribution in [0.5, 0.6) is 0 Å². The molecule has 1 aromatic heterocycles. The first kappa shape index (κ1) is 13.7. The highest BCUT2D eigenvalue weighted by Crippen LogP contribution is 2.29. The summed E-state index contributed by atoms with van der Waals surface area (Å²) in [6.07, 6.45) is 11.2. The van der Waals surface area contributed by atoms with Crippen LogP contribution in [-0.2, 0) is 0 Å². The van der Waals surface area contributed by atoms with E-state index in [0.717, 1.165) is 18.1 Å². The van der Waals surface area contributed by atoms with Crippen molar-refractivity contribution in [1.82, 2.24) is 5.32 Å². The molecule has 1 aromatic rings. The van der Waals surface area contributed by atoms with Crippen LogP contribution in [0.1, 0.15) is 70.6 Å². The van der Waals surface area contributed by atoms with E-state index >= 15 is 0 Å². The Kier molecular flexibility index (Phi) is 5.30. The Hall–Kier alpha value is -0.760. The fraction of sp³-hybridized carbons (Fsp3) is 0.750. The van der Waals surface area contributed by atoms with E-state index < -0.39 is 0 Å². The van der Waals surface area contributed by atoms with Gasteiger partial charge in [-0.2, -0.15) is 0 Å². The van der Waals surface area contributed by atoms with Gasteiger partial charge in [0.2, 0.25) is 0 Å². The van der Waals surface area contributed by atoms with Crippen molar-refractivity contribution in [1.29, 1.82) is 0 Å². The van der Waals surface area contributed by atoms with Crippen molar-refractivity contribution in [3.8, 4) is 0 Å². The molecule has 102 valence electrons. The minimum atomic E-state index is 0.381. The zero-order chi connectivity index (χ0) is 12.8. The molecule has 2 nitrogen and oxygen atoms in total. The molecule has 0 bridgehead atoms. The lowest BCUT2D eigenvalue weighted by Gasteiger charge is -2.32. The third-order valence-electron chi connectivity index (χ3n) is 4.37. The summed E-state index contributed by atoms with van der Waals surface area (Å²) in [6, 6.07) is 5.11. The molecule has 1 heterocycles. The zero-order valence-electron chi connectivity index (χ0n) is 11.8. The Labute approximate surface area is 111 Å². The number of rotatable bonds is 6. The van der Waals surface area contributed by atoms with Crippen molar-refractivity contribution in [3.63, 3.8) is 0 Å². The van der Waals surface area contributed by atoms with Gasteiger partial charge in [0.1, 0.15) is 5.76 Å². The first-order chi connectivity index (χ1) is 8.85. The lowest BCUT2D eigenvalue weighted by Crippen LogP contribution is -2.39. The predicted octanol–water partition coefficient (Wildman–Crippen LogP) is 4.68. The summed E-state index contributed by atoms with van der Waals surface area (Å²) in [6.45, 7) is 4.54. The molecule has 18 heavy (non-hydrogen) atoms. The smallest absolute Gasteiger partial charge is 0.120 e. The molecule has 1 N–H and O–H groups in total. The van der Waals surface area contributed by atoms with Crippen molar-refractivity contribution < 1.29 is 4.42 Å². The van der Waals surface area contributed by atoms with Crippen molar-refractivity contribution in [2.75, 3.05) is 0 Å². The molecule has 1 fully saturated rings. The second-order valence-electron chi connectivity index (χ2n) is 5.56. The van der Waals surface area contributed by atoms with Crippen molar-refractivity contribution in [3.05, 3.63) is 24.2 Å². The Morgan fingerprint density at radius 2 is 2.00 bits per heavy atom. The molecule has 0 aliphatic heterocycles. The zero-order valence-corrected chi connectivity index (χ0v) is 11.8. The molecule has 2 heteroatoms. The Balaban J connectivity index is 1.95. The molecule has 0 spiro atoms. The summed E-state index contributed by atoms with van der Waals surface area (Å²) in [4.78, 5) is 0. The van der Waals surface area contributed by atoms with Gasteiger partial charge in [-0.05, 0) is 43.7 Å². The van der Waals surface area contributed by atoms with E-state index in [1.54, 1.807) is 6.26 Å². The van der Waals surface area contributed by atoms with Gasteiger partial charge in [0.25, 0.3) is 0 Å². The normalized spacial score (nSPS) is 20.8. The second-order valence-corrected chi connectivity index (χ2v) is 5.56. The fourth-order valence-electron chi connectivity index (χ4n) is 3.27. The van der Waals surface area contributed by atoms with Crippen LogP contribution in [-0.4, -0.2) is 6.04 Å². The van der Waals surface area contributed by atoms with E-state index in [9.17, 15) is 0 Å². The highest BCUT2D eigenvalue weighted by atomic mass is 16.3. The lowest BCUT2D eigenvalue weighted by molar-refractivity contribution is 0.234. The number of hydrogen-bond donors (Lipinski definition) is 1. The van der Waals surface area contributed by atoms with Crippen molar-refractivity contribution in [2.24, 2.45) is 5.92 Å². The number of nitrogens with one attached hydrogen (secondary N) is 1. The number of furan rings is 1. The average molecular weight is 249 g/mol. The molecular weight excluding hydrogens is 222 g/mol. The Morgan fingerprint density at radius 1 is 1.22 bits per heavy atom. The van der Waals surface area contributed by atoms with Crippen LogP contribution in [0.3, 0.4) is 0 Å². The maximum absolute atomic E-state index is 5.56. The molecule has 0 saturated heterocycles. The van der Waals surface area contributed by atoms with Gasteiger partial charge < -0.3 is 9.73 Å². The highest BCUT2D eigenvalue weighted by molar-refractivity contribution is 5.04. The summed E-state index contributed by atoms with van der Waals surface area (Å²) < 4.78 is 5.56. The SMILES string of the molecule is CCC(NC(CC)C1CCCCC1)c1ccco1. The van der Waals surface area contributed by atoms with Crippen LogP contribution >= 0.6 is 0 Å². The van der Waals surface area contributed by atoms with Crippen LogP contribution in [0.2, 0.25) is 0 Å². The molecule has 2 atom stereocenters. The minimum Gasteiger partial charge on any atom is -0.468 e. The third-order valence-corrected chi connectivity index (χ3v) is 4.37. The first-order valence-corrected chi connectivity index (χ1v) is 7.64. The van der Waals surface area contributed by atoms with E-state index in [-0.39, 0.29) is 0 Å². The number of hydrogen-bond acceptors (Lipinski definition) is 2. The van der Waals surface area contributed by atoms with Crippen molar-refractivity contribution in [2.45, 2.75) is 70.9 Å². The monoisotopic (exact) mass is 249 g/mol. The topological polar surface area (TPSA) is 25.2 Å². The van der Waals surface area contributed by atoms with Gasteiger partial charge in [0.15, 0.2) is 0 Å². The van der Waals surface area contributed by atoms with Crippen molar-refractivity contribution >= 4 is 0 Å². The molecular formula is C16H27NO. The van der Waals surface area contributed by atoms with Crippen LogP contribution in [0, 0.1) is 5.92 Å².